The van der Waals surface area contributed by atoms with Crippen LogP contribution in [0.4, 0.5) is 5.69 Å². The van der Waals surface area contributed by atoms with Crippen molar-refractivity contribution in [3.05, 3.63) is 59.7 Å². The Bertz CT molecular complexity index is 857. The van der Waals surface area contributed by atoms with Crippen molar-refractivity contribution in [2.45, 2.75) is 26.7 Å². The highest BCUT2D eigenvalue weighted by atomic mass is 32.3. The van der Waals surface area contributed by atoms with Gasteiger partial charge in [0.25, 0.3) is 0 Å². The van der Waals surface area contributed by atoms with Gasteiger partial charge in [0.15, 0.2) is 0 Å². The van der Waals surface area contributed by atoms with Crippen LogP contribution in [0.3, 0.4) is 0 Å². The number of anilines is 1. The van der Waals surface area contributed by atoms with E-state index in [1.807, 2.05) is 12.2 Å². The maximum atomic E-state index is 11.8. The molecule has 7 heteroatoms. The summed E-state index contributed by atoms with van der Waals surface area (Å²) in [7, 11) is -4.10. The van der Waals surface area contributed by atoms with Crippen LogP contribution in [0.5, 0.6) is 5.75 Å². The van der Waals surface area contributed by atoms with E-state index in [1.165, 1.54) is 5.69 Å². The van der Waals surface area contributed by atoms with Crippen LogP contribution in [0.1, 0.15) is 37.8 Å². The van der Waals surface area contributed by atoms with Gasteiger partial charge in [-0.05, 0) is 62.1 Å². The lowest BCUT2D eigenvalue weighted by molar-refractivity contribution is 0.239. The fourth-order valence-electron chi connectivity index (χ4n) is 2.73. The molecule has 0 fully saturated rings. The fraction of sp³-hybridized carbons (Fsp3) is 0.364. The molecule has 0 amide bonds. The molecule has 2 rings (SSSR count). The van der Waals surface area contributed by atoms with E-state index < -0.39 is 10.4 Å². The van der Waals surface area contributed by atoms with Crippen molar-refractivity contribution in [3.8, 4) is 5.75 Å². The van der Waals surface area contributed by atoms with Gasteiger partial charge in [0, 0.05) is 25.4 Å². The average Bonchev–Trinajstić information content (AvgIpc) is 2.72. The first kappa shape index (κ1) is 22.9. The summed E-state index contributed by atoms with van der Waals surface area (Å²) in [6.07, 6.45) is 4.88. The average molecular weight is 420 g/mol. The zero-order valence-corrected chi connectivity index (χ0v) is 17.8. The van der Waals surface area contributed by atoms with Crippen LogP contribution < -0.4 is 9.08 Å². The fourth-order valence-corrected chi connectivity index (χ4v) is 3.45. The van der Waals surface area contributed by atoms with Gasteiger partial charge in [0.2, 0.25) is 0 Å². The number of hydrogen-bond acceptors (Lipinski definition) is 6. The Morgan fingerprint density at radius 3 is 1.97 bits per heavy atom. The molecule has 0 radical (unpaired) electrons. The Morgan fingerprint density at radius 2 is 1.45 bits per heavy atom. The number of benzene rings is 2. The third-order valence-electron chi connectivity index (χ3n) is 4.35. The maximum absolute atomic E-state index is 11.8. The van der Waals surface area contributed by atoms with Gasteiger partial charge in [-0.3, -0.25) is 0 Å². The van der Waals surface area contributed by atoms with Crippen molar-refractivity contribution in [2.24, 2.45) is 0 Å². The van der Waals surface area contributed by atoms with Crippen molar-refractivity contribution in [2.75, 3.05) is 31.2 Å². The first-order valence-corrected chi connectivity index (χ1v) is 11.1. The van der Waals surface area contributed by atoms with Crippen LogP contribution >= 0.6 is 0 Å². The molecule has 0 saturated carbocycles. The van der Waals surface area contributed by atoms with E-state index in [-0.39, 0.29) is 19.0 Å². The number of hydrogen-bond donors (Lipinski definition) is 1. The second-order valence-corrected chi connectivity index (χ2v) is 7.63. The molecule has 0 bridgehead atoms. The molecule has 0 heterocycles. The van der Waals surface area contributed by atoms with Gasteiger partial charge in [-0.15, -0.1) is 0 Å². The smallest absolute Gasteiger partial charge is 0.396 e. The summed E-state index contributed by atoms with van der Waals surface area (Å²) in [6, 6.07) is 15.1. The summed E-state index contributed by atoms with van der Waals surface area (Å²) in [5.74, 6) is 0.188. The predicted octanol–water partition coefficient (Wildman–Crippen LogP) is 4.12. The Labute approximate surface area is 173 Å². The van der Waals surface area contributed by atoms with E-state index >= 15 is 0 Å². The summed E-state index contributed by atoms with van der Waals surface area (Å²) < 4.78 is 33.2. The van der Waals surface area contributed by atoms with E-state index in [9.17, 15) is 8.42 Å². The monoisotopic (exact) mass is 419 g/mol. The van der Waals surface area contributed by atoms with Gasteiger partial charge in [0.1, 0.15) is 5.75 Å². The van der Waals surface area contributed by atoms with Crippen molar-refractivity contribution < 1.29 is 21.9 Å². The van der Waals surface area contributed by atoms with E-state index in [1.54, 1.807) is 24.3 Å². The number of aliphatic hydroxyl groups is 1. The minimum Gasteiger partial charge on any atom is -0.396 e. The molecule has 1 N–H and O–H groups in total. The van der Waals surface area contributed by atoms with Crippen LogP contribution in [-0.2, 0) is 14.6 Å². The summed E-state index contributed by atoms with van der Waals surface area (Å²) in [4.78, 5) is 2.29. The molecule has 0 aliphatic rings. The number of nitrogens with zero attached hydrogens (tertiary/aromatic N) is 1. The van der Waals surface area contributed by atoms with Crippen molar-refractivity contribution in [1.82, 2.24) is 0 Å². The maximum Gasteiger partial charge on any atom is 0.449 e. The van der Waals surface area contributed by atoms with E-state index in [4.69, 9.17) is 13.5 Å². The molecule has 6 nitrogen and oxygen atoms in total. The first-order valence-electron chi connectivity index (χ1n) is 9.80. The normalized spacial score (nSPS) is 11.7. The molecule has 158 valence electrons. The molecule has 0 spiro atoms. The molecule has 2 aromatic rings. The van der Waals surface area contributed by atoms with Crippen LogP contribution in [0.25, 0.3) is 12.2 Å². The van der Waals surface area contributed by atoms with Gasteiger partial charge >= 0.3 is 10.4 Å². The van der Waals surface area contributed by atoms with Crippen LogP contribution in [-0.4, -0.2) is 39.8 Å². The lowest BCUT2D eigenvalue weighted by Gasteiger charge is -2.20. The number of unbranched alkanes of at least 4 members (excludes halogenated alkanes) is 1. The highest BCUT2D eigenvalue weighted by molar-refractivity contribution is 7.82. The minimum absolute atomic E-state index is 0.000681. The van der Waals surface area contributed by atoms with Crippen molar-refractivity contribution >= 4 is 28.2 Å². The second kappa shape index (κ2) is 11.6. The quantitative estimate of drug-likeness (QED) is 0.412. The summed E-state index contributed by atoms with van der Waals surface area (Å²) >= 11 is 0. The zero-order valence-electron chi connectivity index (χ0n) is 17.0. The Morgan fingerprint density at radius 1 is 0.897 bits per heavy atom. The molecule has 0 unspecified atom stereocenters. The Kier molecular flexibility index (Phi) is 9.18. The molecule has 0 aliphatic carbocycles. The molecule has 0 aliphatic heterocycles. The van der Waals surface area contributed by atoms with Crippen molar-refractivity contribution in [1.29, 1.82) is 0 Å². The minimum atomic E-state index is -4.10. The molecular weight excluding hydrogens is 390 g/mol. The highest BCUT2D eigenvalue weighted by Gasteiger charge is 2.13. The second-order valence-electron chi connectivity index (χ2n) is 6.41. The van der Waals surface area contributed by atoms with Crippen LogP contribution in [0.2, 0.25) is 0 Å². The van der Waals surface area contributed by atoms with Crippen LogP contribution in [0, 0.1) is 0 Å². The standard InChI is InChI=1S/C22H29NO5S/c1-3-23(4-2)21-13-9-19(10-14-21)7-8-20-11-15-22(16-12-20)28-29(25,26)27-18-6-5-17-24/h7-16,24H,3-6,17-18H2,1-2H3. The summed E-state index contributed by atoms with van der Waals surface area (Å²) in [6.45, 7) is 6.21. The van der Waals surface area contributed by atoms with Gasteiger partial charge in [-0.2, -0.15) is 8.42 Å². The topological polar surface area (TPSA) is 76.1 Å². The first-order chi connectivity index (χ1) is 14.0. The largest absolute Gasteiger partial charge is 0.449 e. The lowest BCUT2D eigenvalue weighted by atomic mass is 10.1. The van der Waals surface area contributed by atoms with Gasteiger partial charge in [-0.25, -0.2) is 4.18 Å². The SMILES string of the molecule is CCN(CC)c1ccc(C=Cc2ccc(OS(=O)(=O)OCCCCO)cc2)cc1. The summed E-state index contributed by atoms with van der Waals surface area (Å²) in [5.41, 5.74) is 3.21. The number of aliphatic hydroxyl groups excluding tert-OH is 1. The van der Waals surface area contributed by atoms with Crippen LogP contribution in [0.15, 0.2) is 48.5 Å². The lowest BCUT2D eigenvalue weighted by Crippen LogP contribution is -2.21. The molecule has 0 atom stereocenters. The Hall–Kier alpha value is -2.35. The highest BCUT2D eigenvalue weighted by Crippen LogP contribution is 2.19. The molecular formula is C22H29NO5S. The van der Waals surface area contributed by atoms with Gasteiger partial charge in [-0.1, -0.05) is 36.4 Å². The molecule has 0 saturated heterocycles. The summed E-state index contributed by atoms with van der Waals surface area (Å²) in [5, 5.41) is 8.68. The Balaban J connectivity index is 1.93. The predicted molar refractivity (Wildman–Crippen MR) is 117 cm³/mol. The molecule has 2 aromatic carbocycles. The van der Waals surface area contributed by atoms with Crippen molar-refractivity contribution in [3.63, 3.8) is 0 Å². The number of rotatable bonds is 12. The van der Waals surface area contributed by atoms with E-state index in [0.29, 0.717) is 12.8 Å². The molecule has 29 heavy (non-hydrogen) atoms. The van der Waals surface area contributed by atoms with Gasteiger partial charge < -0.3 is 14.2 Å². The van der Waals surface area contributed by atoms with E-state index in [0.717, 1.165) is 24.2 Å². The van der Waals surface area contributed by atoms with Gasteiger partial charge in [0.05, 0.1) is 6.61 Å². The van der Waals surface area contributed by atoms with E-state index in [2.05, 4.69) is 43.0 Å². The third-order valence-corrected chi connectivity index (χ3v) is 5.20. The third kappa shape index (κ3) is 7.89. The zero-order chi connectivity index (χ0) is 21.1. The molecule has 0 aromatic heterocycles.